The summed E-state index contributed by atoms with van der Waals surface area (Å²) < 4.78 is 0. The standard InChI is InChI=1S/C15H21NO2S/c1-12-4-6-13(7-5-12)10-19-11-15(18)16-8-2-3-14(16)9-17/h4-7,14,17H,2-3,8-11H2,1H3/t14-/m0/s1. The van der Waals surface area contributed by atoms with Crippen molar-refractivity contribution in [3.8, 4) is 0 Å². The summed E-state index contributed by atoms with van der Waals surface area (Å²) in [4.78, 5) is 13.9. The number of thioether (sulfide) groups is 1. The Morgan fingerprint density at radius 2 is 2.16 bits per heavy atom. The van der Waals surface area contributed by atoms with Crippen LogP contribution in [0.2, 0.25) is 0 Å². The second kappa shape index (κ2) is 6.96. The van der Waals surface area contributed by atoms with Crippen molar-refractivity contribution in [3.63, 3.8) is 0 Å². The number of amides is 1. The van der Waals surface area contributed by atoms with Crippen LogP contribution >= 0.6 is 11.8 Å². The molecule has 1 fully saturated rings. The molecule has 0 aromatic heterocycles. The summed E-state index contributed by atoms with van der Waals surface area (Å²) in [6.07, 6.45) is 1.95. The molecule has 1 aliphatic rings. The van der Waals surface area contributed by atoms with Crippen molar-refractivity contribution in [1.82, 2.24) is 4.90 Å². The fraction of sp³-hybridized carbons (Fsp3) is 0.533. The van der Waals surface area contributed by atoms with E-state index in [1.165, 1.54) is 11.1 Å². The maximum absolute atomic E-state index is 12.1. The lowest BCUT2D eigenvalue weighted by Gasteiger charge is -2.22. The van der Waals surface area contributed by atoms with Crippen molar-refractivity contribution in [2.75, 3.05) is 18.9 Å². The van der Waals surface area contributed by atoms with Gasteiger partial charge in [0.15, 0.2) is 0 Å². The summed E-state index contributed by atoms with van der Waals surface area (Å²) in [7, 11) is 0. The van der Waals surface area contributed by atoms with Crippen LogP contribution in [0.5, 0.6) is 0 Å². The Balaban J connectivity index is 1.76. The van der Waals surface area contributed by atoms with Crippen LogP contribution in [0.25, 0.3) is 0 Å². The van der Waals surface area contributed by atoms with Crippen LogP contribution in [0.15, 0.2) is 24.3 Å². The first kappa shape index (κ1) is 14.4. The number of hydrogen-bond acceptors (Lipinski definition) is 3. The molecule has 3 nitrogen and oxygen atoms in total. The Bertz CT molecular complexity index is 419. The molecular formula is C15H21NO2S. The monoisotopic (exact) mass is 279 g/mol. The number of hydrogen-bond donors (Lipinski definition) is 1. The Kier molecular flexibility index (Phi) is 5.28. The summed E-state index contributed by atoms with van der Waals surface area (Å²) in [6.45, 7) is 2.96. The Morgan fingerprint density at radius 3 is 2.84 bits per heavy atom. The van der Waals surface area contributed by atoms with Crippen LogP contribution in [0.4, 0.5) is 0 Å². The van der Waals surface area contributed by atoms with Gasteiger partial charge in [-0.3, -0.25) is 4.79 Å². The van der Waals surface area contributed by atoms with Crippen LogP contribution in [0, 0.1) is 6.92 Å². The van der Waals surface area contributed by atoms with Gasteiger partial charge in [-0.05, 0) is 25.3 Å². The van der Waals surface area contributed by atoms with Gasteiger partial charge in [0, 0.05) is 12.3 Å². The minimum Gasteiger partial charge on any atom is -0.394 e. The molecule has 0 bridgehead atoms. The van der Waals surface area contributed by atoms with Crippen LogP contribution in [-0.4, -0.2) is 40.9 Å². The van der Waals surface area contributed by atoms with Crippen molar-refractivity contribution in [2.45, 2.75) is 31.6 Å². The number of nitrogens with zero attached hydrogens (tertiary/aromatic N) is 1. The highest BCUT2D eigenvalue weighted by atomic mass is 32.2. The smallest absolute Gasteiger partial charge is 0.232 e. The average Bonchev–Trinajstić information content (AvgIpc) is 2.89. The number of rotatable bonds is 5. The number of likely N-dealkylation sites (tertiary alicyclic amines) is 1. The van der Waals surface area contributed by atoms with E-state index in [4.69, 9.17) is 0 Å². The maximum atomic E-state index is 12.1. The second-order valence-electron chi connectivity index (χ2n) is 5.04. The van der Waals surface area contributed by atoms with E-state index >= 15 is 0 Å². The molecule has 1 aromatic rings. The zero-order chi connectivity index (χ0) is 13.7. The highest BCUT2D eigenvalue weighted by Gasteiger charge is 2.27. The first-order valence-electron chi connectivity index (χ1n) is 6.74. The number of carbonyl (C=O) groups is 1. The van der Waals surface area contributed by atoms with E-state index in [-0.39, 0.29) is 18.6 Å². The highest BCUT2D eigenvalue weighted by Crippen LogP contribution is 2.19. The average molecular weight is 279 g/mol. The van der Waals surface area contributed by atoms with Crippen LogP contribution in [0.1, 0.15) is 24.0 Å². The molecule has 1 N–H and O–H groups in total. The number of aliphatic hydroxyl groups excluding tert-OH is 1. The summed E-state index contributed by atoms with van der Waals surface area (Å²) in [5, 5.41) is 9.21. The quantitative estimate of drug-likeness (QED) is 0.898. The van der Waals surface area contributed by atoms with Gasteiger partial charge in [-0.1, -0.05) is 29.8 Å². The summed E-state index contributed by atoms with van der Waals surface area (Å²) >= 11 is 1.65. The summed E-state index contributed by atoms with van der Waals surface area (Å²) in [5.74, 6) is 1.53. The molecule has 1 atom stereocenters. The third-order valence-corrected chi connectivity index (χ3v) is 4.51. The van der Waals surface area contributed by atoms with Crippen molar-refractivity contribution < 1.29 is 9.90 Å². The van der Waals surface area contributed by atoms with E-state index in [9.17, 15) is 9.90 Å². The highest BCUT2D eigenvalue weighted by molar-refractivity contribution is 7.99. The van der Waals surface area contributed by atoms with E-state index in [2.05, 4.69) is 31.2 Å². The van der Waals surface area contributed by atoms with Gasteiger partial charge >= 0.3 is 0 Å². The van der Waals surface area contributed by atoms with E-state index in [0.29, 0.717) is 5.75 Å². The third-order valence-electron chi connectivity index (χ3n) is 3.52. The molecule has 0 unspecified atom stereocenters. The van der Waals surface area contributed by atoms with Gasteiger partial charge in [0.2, 0.25) is 5.91 Å². The van der Waals surface area contributed by atoms with Crippen LogP contribution in [-0.2, 0) is 10.5 Å². The lowest BCUT2D eigenvalue weighted by Crippen LogP contribution is -2.38. The molecule has 0 spiro atoms. The molecule has 1 heterocycles. The summed E-state index contributed by atoms with van der Waals surface area (Å²) in [5.41, 5.74) is 2.51. The lowest BCUT2D eigenvalue weighted by molar-refractivity contribution is -0.129. The lowest BCUT2D eigenvalue weighted by atomic mass is 10.2. The minimum absolute atomic E-state index is 0.0486. The SMILES string of the molecule is Cc1ccc(CSCC(=O)N2CCC[C@H]2CO)cc1. The van der Waals surface area contributed by atoms with Gasteiger partial charge in [-0.15, -0.1) is 11.8 Å². The zero-order valence-electron chi connectivity index (χ0n) is 11.3. The number of aliphatic hydroxyl groups is 1. The maximum Gasteiger partial charge on any atom is 0.232 e. The minimum atomic E-state index is 0.0486. The molecular weight excluding hydrogens is 258 g/mol. The van der Waals surface area contributed by atoms with Gasteiger partial charge in [-0.2, -0.15) is 0 Å². The van der Waals surface area contributed by atoms with Gasteiger partial charge < -0.3 is 10.0 Å². The van der Waals surface area contributed by atoms with E-state index in [0.717, 1.165) is 25.1 Å². The summed E-state index contributed by atoms with van der Waals surface area (Å²) in [6, 6.07) is 8.46. The Labute approximate surface area is 119 Å². The number of carbonyl (C=O) groups excluding carboxylic acids is 1. The Morgan fingerprint density at radius 1 is 1.42 bits per heavy atom. The van der Waals surface area contributed by atoms with Gasteiger partial charge in [0.25, 0.3) is 0 Å². The van der Waals surface area contributed by atoms with Gasteiger partial charge in [0.05, 0.1) is 18.4 Å². The number of aryl methyl sites for hydroxylation is 1. The Hall–Kier alpha value is -1.00. The first-order chi connectivity index (χ1) is 9.20. The van der Waals surface area contributed by atoms with Crippen molar-refractivity contribution in [1.29, 1.82) is 0 Å². The van der Waals surface area contributed by atoms with E-state index < -0.39 is 0 Å². The van der Waals surface area contributed by atoms with Crippen LogP contribution < -0.4 is 0 Å². The van der Waals surface area contributed by atoms with Crippen molar-refractivity contribution in [3.05, 3.63) is 35.4 Å². The van der Waals surface area contributed by atoms with Crippen LogP contribution in [0.3, 0.4) is 0 Å². The fourth-order valence-electron chi connectivity index (χ4n) is 2.38. The molecule has 1 aromatic carbocycles. The van der Waals surface area contributed by atoms with Gasteiger partial charge in [0.1, 0.15) is 0 Å². The normalized spacial score (nSPS) is 18.8. The third kappa shape index (κ3) is 3.98. The second-order valence-corrected chi connectivity index (χ2v) is 6.03. The number of benzene rings is 1. The fourth-order valence-corrected chi connectivity index (χ4v) is 3.25. The van der Waals surface area contributed by atoms with Crippen molar-refractivity contribution in [2.24, 2.45) is 0 Å². The molecule has 1 aliphatic heterocycles. The molecule has 1 amide bonds. The predicted molar refractivity (Wildman–Crippen MR) is 79.2 cm³/mol. The van der Waals surface area contributed by atoms with E-state index in [1.807, 2.05) is 4.90 Å². The van der Waals surface area contributed by atoms with Gasteiger partial charge in [-0.25, -0.2) is 0 Å². The molecule has 0 aliphatic carbocycles. The first-order valence-corrected chi connectivity index (χ1v) is 7.90. The predicted octanol–water partition coefficient (Wildman–Crippen LogP) is 2.21. The zero-order valence-corrected chi connectivity index (χ0v) is 12.2. The van der Waals surface area contributed by atoms with E-state index in [1.54, 1.807) is 11.8 Å². The van der Waals surface area contributed by atoms with Crippen molar-refractivity contribution >= 4 is 17.7 Å². The molecule has 4 heteroatoms. The molecule has 104 valence electrons. The molecule has 19 heavy (non-hydrogen) atoms. The topological polar surface area (TPSA) is 40.5 Å². The molecule has 2 rings (SSSR count). The molecule has 1 saturated heterocycles. The molecule has 0 radical (unpaired) electrons. The molecule has 0 saturated carbocycles. The largest absolute Gasteiger partial charge is 0.394 e.